The Morgan fingerprint density at radius 1 is 1.09 bits per heavy atom. The first-order valence-electron chi connectivity index (χ1n) is 11.5. The molecule has 1 atom stereocenters. The van der Waals surface area contributed by atoms with Gasteiger partial charge in [0.25, 0.3) is 5.91 Å². The standard InChI is InChI=1S/C26H27N3O5S/c1-3-8-16(13-22(30)31)28-24(32)23-15(2)27-25(35-23)29-26(33)34-14-21-19-11-6-4-9-17(19)18-10-5-7-12-20(18)21/h4-7,9-12,16,21H,3,8,13-14H2,1-2H3,(H,28,32)(H,30,31)(H,27,29,33). The Kier molecular flexibility index (Phi) is 7.45. The molecule has 0 fully saturated rings. The molecule has 1 aliphatic carbocycles. The van der Waals surface area contributed by atoms with Gasteiger partial charge in [0.2, 0.25) is 0 Å². The lowest BCUT2D eigenvalue weighted by Gasteiger charge is -2.15. The summed E-state index contributed by atoms with van der Waals surface area (Å²) in [5, 5.41) is 14.7. The molecule has 4 rings (SSSR count). The molecule has 3 N–H and O–H groups in total. The Bertz CT molecular complexity index is 1210. The van der Waals surface area contributed by atoms with E-state index in [1.165, 1.54) is 0 Å². The number of benzene rings is 2. The smallest absolute Gasteiger partial charge is 0.413 e. The van der Waals surface area contributed by atoms with Gasteiger partial charge in [0.15, 0.2) is 5.13 Å². The van der Waals surface area contributed by atoms with Crippen molar-refractivity contribution in [2.75, 3.05) is 11.9 Å². The molecule has 182 valence electrons. The van der Waals surface area contributed by atoms with Gasteiger partial charge < -0.3 is 15.2 Å². The van der Waals surface area contributed by atoms with Gasteiger partial charge in [-0.1, -0.05) is 73.2 Å². The van der Waals surface area contributed by atoms with E-state index >= 15 is 0 Å². The number of aliphatic carboxylic acids is 1. The normalized spacial score (nSPS) is 13.0. The van der Waals surface area contributed by atoms with E-state index in [4.69, 9.17) is 9.84 Å². The van der Waals surface area contributed by atoms with Gasteiger partial charge in [0, 0.05) is 12.0 Å². The molecule has 1 aromatic heterocycles. The van der Waals surface area contributed by atoms with Crippen LogP contribution in [0.1, 0.15) is 58.6 Å². The lowest BCUT2D eigenvalue weighted by Crippen LogP contribution is -2.36. The lowest BCUT2D eigenvalue weighted by atomic mass is 9.98. The second-order valence-corrected chi connectivity index (χ2v) is 9.44. The van der Waals surface area contributed by atoms with Crippen molar-refractivity contribution in [3.63, 3.8) is 0 Å². The fourth-order valence-corrected chi connectivity index (χ4v) is 5.27. The largest absolute Gasteiger partial charge is 0.481 e. The molecule has 0 bridgehead atoms. The highest BCUT2D eigenvalue weighted by molar-refractivity contribution is 7.17. The highest BCUT2D eigenvalue weighted by Gasteiger charge is 2.29. The van der Waals surface area contributed by atoms with Crippen LogP contribution in [0.3, 0.4) is 0 Å². The number of hydrogen-bond donors (Lipinski definition) is 3. The van der Waals surface area contributed by atoms with Crippen LogP contribution in [0.5, 0.6) is 0 Å². The third-order valence-corrected chi connectivity index (χ3v) is 7.02. The van der Waals surface area contributed by atoms with Crippen LogP contribution in [0.2, 0.25) is 0 Å². The van der Waals surface area contributed by atoms with Crippen molar-refractivity contribution < 1.29 is 24.2 Å². The molecular formula is C26H27N3O5S. The summed E-state index contributed by atoms with van der Waals surface area (Å²) in [6, 6.07) is 15.7. The first-order valence-corrected chi connectivity index (χ1v) is 12.3. The summed E-state index contributed by atoms with van der Waals surface area (Å²) in [6.07, 6.45) is 0.500. The number of carbonyl (C=O) groups excluding carboxylic acids is 2. The number of carbonyl (C=O) groups is 3. The quantitative estimate of drug-likeness (QED) is 0.378. The van der Waals surface area contributed by atoms with Crippen LogP contribution in [-0.2, 0) is 9.53 Å². The van der Waals surface area contributed by atoms with Crippen LogP contribution in [0.25, 0.3) is 11.1 Å². The van der Waals surface area contributed by atoms with Crippen molar-refractivity contribution in [3.05, 3.63) is 70.2 Å². The maximum Gasteiger partial charge on any atom is 0.413 e. The third-order valence-electron chi connectivity index (χ3n) is 5.95. The Balaban J connectivity index is 1.39. The minimum absolute atomic E-state index is 0.0581. The lowest BCUT2D eigenvalue weighted by molar-refractivity contribution is -0.137. The van der Waals surface area contributed by atoms with E-state index in [9.17, 15) is 14.4 Å². The number of carboxylic acid groups (broad SMARTS) is 1. The molecule has 1 heterocycles. The Morgan fingerprint density at radius 2 is 1.71 bits per heavy atom. The van der Waals surface area contributed by atoms with Crippen LogP contribution in [-0.4, -0.2) is 40.7 Å². The topological polar surface area (TPSA) is 118 Å². The van der Waals surface area contributed by atoms with Gasteiger partial charge in [-0.25, -0.2) is 9.78 Å². The summed E-state index contributed by atoms with van der Waals surface area (Å²) < 4.78 is 5.54. The molecule has 35 heavy (non-hydrogen) atoms. The zero-order chi connectivity index (χ0) is 24.9. The second-order valence-electron chi connectivity index (χ2n) is 8.44. The molecule has 9 heteroatoms. The molecule has 0 aliphatic heterocycles. The van der Waals surface area contributed by atoms with E-state index in [2.05, 4.69) is 27.8 Å². The molecule has 2 amide bonds. The number of aryl methyl sites for hydroxylation is 1. The van der Waals surface area contributed by atoms with Crippen molar-refractivity contribution in [1.82, 2.24) is 10.3 Å². The number of nitrogens with one attached hydrogen (secondary N) is 2. The highest BCUT2D eigenvalue weighted by atomic mass is 32.1. The van der Waals surface area contributed by atoms with Gasteiger partial charge >= 0.3 is 12.1 Å². The summed E-state index contributed by atoms with van der Waals surface area (Å²) in [5.74, 6) is -1.43. The maximum atomic E-state index is 12.7. The van der Waals surface area contributed by atoms with E-state index in [-0.39, 0.29) is 24.1 Å². The number of aromatic nitrogens is 1. The van der Waals surface area contributed by atoms with Gasteiger partial charge in [-0.3, -0.25) is 14.9 Å². The van der Waals surface area contributed by atoms with Crippen LogP contribution in [0.4, 0.5) is 9.93 Å². The van der Waals surface area contributed by atoms with Gasteiger partial charge in [0.05, 0.1) is 12.1 Å². The molecule has 3 aromatic rings. The number of carboxylic acids is 1. The number of nitrogens with zero attached hydrogens (tertiary/aromatic N) is 1. The average Bonchev–Trinajstić information content (AvgIpc) is 3.35. The zero-order valence-corrected chi connectivity index (χ0v) is 20.4. The predicted molar refractivity (Wildman–Crippen MR) is 134 cm³/mol. The van der Waals surface area contributed by atoms with E-state index in [1.54, 1.807) is 6.92 Å². The summed E-state index contributed by atoms with van der Waals surface area (Å²) >= 11 is 1.03. The van der Waals surface area contributed by atoms with Crippen LogP contribution >= 0.6 is 11.3 Å². The van der Waals surface area contributed by atoms with Gasteiger partial charge in [0.1, 0.15) is 11.5 Å². The fraction of sp³-hybridized carbons (Fsp3) is 0.308. The van der Waals surface area contributed by atoms with E-state index in [1.807, 2.05) is 43.3 Å². The Hall–Kier alpha value is -3.72. The Morgan fingerprint density at radius 3 is 2.31 bits per heavy atom. The predicted octanol–water partition coefficient (Wildman–Crippen LogP) is 5.19. The van der Waals surface area contributed by atoms with Crippen LogP contribution in [0, 0.1) is 6.92 Å². The van der Waals surface area contributed by atoms with Crippen molar-refractivity contribution >= 4 is 34.4 Å². The van der Waals surface area contributed by atoms with Crippen molar-refractivity contribution in [2.45, 2.75) is 45.1 Å². The number of anilines is 1. The Labute approximate surface area is 207 Å². The number of rotatable bonds is 9. The van der Waals surface area contributed by atoms with E-state index < -0.39 is 24.0 Å². The number of fused-ring (bicyclic) bond motifs is 3. The molecule has 2 aromatic carbocycles. The van der Waals surface area contributed by atoms with Crippen molar-refractivity contribution in [1.29, 1.82) is 0 Å². The number of ether oxygens (including phenoxy) is 1. The molecule has 0 saturated carbocycles. The van der Waals surface area contributed by atoms with Gasteiger partial charge in [-0.05, 0) is 35.6 Å². The summed E-state index contributed by atoms with van der Waals surface area (Å²) in [6.45, 7) is 3.77. The molecule has 0 saturated heterocycles. The monoisotopic (exact) mass is 493 g/mol. The third kappa shape index (κ3) is 5.51. The number of amides is 2. The summed E-state index contributed by atoms with van der Waals surface area (Å²) in [5.41, 5.74) is 4.98. The van der Waals surface area contributed by atoms with Crippen molar-refractivity contribution in [2.24, 2.45) is 0 Å². The molecule has 1 aliphatic rings. The summed E-state index contributed by atoms with van der Waals surface area (Å²) in [4.78, 5) is 40.9. The van der Waals surface area contributed by atoms with Gasteiger partial charge in [-0.15, -0.1) is 0 Å². The molecule has 0 radical (unpaired) electrons. The minimum Gasteiger partial charge on any atom is -0.481 e. The molecular weight excluding hydrogens is 466 g/mol. The maximum absolute atomic E-state index is 12.7. The minimum atomic E-state index is -0.970. The first kappa shape index (κ1) is 24.4. The molecule has 1 unspecified atom stereocenters. The van der Waals surface area contributed by atoms with Crippen molar-refractivity contribution in [3.8, 4) is 11.1 Å². The number of thiazole rings is 1. The van der Waals surface area contributed by atoms with E-state index in [0.717, 1.165) is 40.0 Å². The molecule has 0 spiro atoms. The fourth-order valence-electron chi connectivity index (χ4n) is 4.42. The first-order chi connectivity index (χ1) is 16.9. The average molecular weight is 494 g/mol. The number of hydrogen-bond acceptors (Lipinski definition) is 6. The summed E-state index contributed by atoms with van der Waals surface area (Å²) in [7, 11) is 0. The van der Waals surface area contributed by atoms with Crippen LogP contribution < -0.4 is 10.6 Å². The highest BCUT2D eigenvalue weighted by Crippen LogP contribution is 2.44. The SMILES string of the molecule is CCCC(CC(=O)O)NC(=O)c1sc(NC(=O)OCC2c3ccccc3-c3ccccc32)nc1C. The zero-order valence-electron chi connectivity index (χ0n) is 19.5. The second kappa shape index (κ2) is 10.7. The molecule has 8 nitrogen and oxygen atoms in total. The van der Waals surface area contributed by atoms with Crippen LogP contribution in [0.15, 0.2) is 48.5 Å². The van der Waals surface area contributed by atoms with Gasteiger partial charge in [-0.2, -0.15) is 0 Å². The van der Waals surface area contributed by atoms with E-state index in [0.29, 0.717) is 17.0 Å².